The van der Waals surface area contributed by atoms with Crippen LogP contribution in [0.25, 0.3) is 0 Å². The number of amidine groups is 1. The standard InChI is InChI=1S/C19H25N5/c1-4-21-19-17(22-14-24(19)16-12-8-9-13-16)18(20-2)23(3)15-10-6-5-7-11-15/h5-7,10-11,14,16H,2,4,8-9,12-13H2,1,3H3/b18-17-,21-19?. The number of para-hydroxylation sites is 1. The molecule has 0 bridgehead atoms. The molecule has 1 saturated carbocycles. The Morgan fingerprint density at radius 1 is 1.29 bits per heavy atom. The molecule has 1 heterocycles. The lowest BCUT2D eigenvalue weighted by Crippen LogP contribution is -2.35. The Bertz CT molecular complexity index is 668. The zero-order valence-corrected chi connectivity index (χ0v) is 14.5. The average Bonchev–Trinajstić information content (AvgIpc) is 3.27. The lowest BCUT2D eigenvalue weighted by Gasteiger charge is -2.25. The first-order chi connectivity index (χ1) is 11.8. The molecule has 1 aliphatic carbocycles. The number of nitrogens with zero attached hydrogens (tertiary/aromatic N) is 5. The van der Waals surface area contributed by atoms with E-state index in [9.17, 15) is 0 Å². The fraction of sp³-hybridized carbons (Fsp3) is 0.421. The summed E-state index contributed by atoms with van der Waals surface area (Å²) in [6.07, 6.45) is 6.89. The Balaban J connectivity index is 1.97. The van der Waals surface area contributed by atoms with Gasteiger partial charge in [0.1, 0.15) is 5.70 Å². The summed E-state index contributed by atoms with van der Waals surface area (Å²) in [7, 11) is 1.99. The molecule has 3 rings (SSSR count). The van der Waals surface area contributed by atoms with E-state index in [2.05, 4.69) is 40.7 Å². The van der Waals surface area contributed by atoms with Crippen molar-refractivity contribution in [3.63, 3.8) is 0 Å². The first kappa shape index (κ1) is 16.4. The zero-order valence-electron chi connectivity index (χ0n) is 14.5. The van der Waals surface area contributed by atoms with Gasteiger partial charge in [0.15, 0.2) is 11.7 Å². The maximum absolute atomic E-state index is 4.72. The van der Waals surface area contributed by atoms with E-state index in [4.69, 9.17) is 4.99 Å². The van der Waals surface area contributed by atoms with E-state index in [1.165, 1.54) is 25.7 Å². The van der Waals surface area contributed by atoms with Crippen LogP contribution in [0.15, 0.2) is 56.8 Å². The van der Waals surface area contributed by atoms with Gasteiger partial charge < -0.3 is 9.80 Å². The van der Waals surface area contributed by atoms with Crippen molar-refractivity contribution in [2.24, 2.45) is 15.0 Å². The third kappa shape index (κ3) is 3.11. The fourth-order valence-electron chi connectivity index (χ4n) is 3.38. The second-order valence-electron chi connectivity index (χ2n) is 6.11. The predicted octanol–water partition coefficient (Wildman–Crippen LogP) is 3.70. The van der Waals surface area contributed by atoms with Gasteiger partial charge in [-0.05, 0) is 38.6 Å². The summed E-state index contributed by atoms with van der Waals surface area (Å²) in [6.45, 7) is 6.55. The van der Waals surface area contributed by atoms with E-state index >= 15 is 0 Å². The SMILES string of the molecule is C=N/C(=C1/N=CN(C2CCCC2)C1=NCC)N(C)c1ccccc1. The summed E-state index contributed by atoms with van der Waals surface area (Å²) in [5.41, 5.74) is 1.86. The lowest BCUT2D eigenvalue weighted by atomic mass is 10.2. The van der Waals surface area contributed by atoms with Crippen LogP contribution in [0.3, 0.4) is 0 Å². The van der Waals surface area contributed by atoms with Crippen LogP contribution in [0.2, 0.25) is 0 Å². The van der Waals surface area contributed by atoms with Gasteiger partial charge in [-0.15, -0.1) is 0 Å². The molecular weight excluding hydrogens is 298 g/mol. The number of hydrogen-bond acceptors (Lipinski definition) is 4. The highest BCUT2D eigenvalue weighted by Gasteiger charge is 2.32. The average molecular weight is 323 g/mol. The minimum absolute atomic E-state index is 0.504. The third-order valence-corrected chi connectivity index (χ3v) is 4.62. The molecule has 5 nitrogen and oxygen atoms in total. The zero-order chi connectivity index (χ0) is 16.9. The number of anilines is 1. The fourth-order valence-corrected chi connectivity index (χ4v) is 3.38. The van der Waals surface area contributed by atoms with Crippen LogP contribution < -0.4 is 4.90 Å². The first-order valence-corrected chi connectivity index (χ1v) is 8.63. The van der Waals surface area contributed by atoms with E-state index in [1.54, 1.807) is 0 Å². The Morgan fingerprint density at radius 3 is 2.62 bits per heavy atom. The van der Waals surface area contributed by atoms with E-state index in [1.807, 2.05) is 36.5 Å². The molecule has 0 radical (unpaired) electrons. The lowest BCUT2D eigenvalue weighted by molar-refractivity contribution is 0.457. The predicted molar refractivity (Wildman–Crippen MR) is 102 cm³/mol. The van der Waals surface area contributed by atoms with Crippen molar-refractivity contribution >= 4 is 24.6 Å². The molecule has 1 aromatic carbocycles. The molecule has 1 aliphatic heterocycles. The maximum Gasteiger partial charge on any atom is 0.162 e. The van der Waals surface area contributed by atoms with Crippen molar-refractivity contribution < 1.29 is 0 Å². The van der Waals surface area contributed by atoms with Crippen molar-refractivity contribution in [3.8, 4) is 0 Å². The Kier molecular flexibility index (Phi) is 5.08. The van der Waals surface area contributed by atoms with Crippen molar-refractivity contribution in [3.05, 3.63) is 41.8 Å². The highest BCUT2D eigenvalue weighted by molar-refractivity contribution is 6.10. The van der Waals surface area contributed by atoms with Crippen LogP contribution in [0, 0.1) is 0 Å². The molecule has 0 amide bonds. The summed E-state index contributed by atoms with van der Waals surface area (Å²) in [4.78, 5) is 17.9. The van der Waals surface area contributed by atoms with E-state index in [-0.39, 0.29) is 0 Å². The van der Waals surface area contributed by atoms with Crippen LogP contribution >= 0.6 is 0 Å². The minimum Gasteiger partial charge on any atom is -0.328 e. The van der Waals surface area contributed by atoms with E-state index < -0.39 is 0 Å². The first-order valence-electron chi connectivity index (χ1n) is 8.63. The van der Waals surface area contributed by atoms with E-state index in [0.29, 0.717) is 6.04 Å². The molecule has 24 heavy (non-hydrogen) atoms. The van der Waals surface area contributed by atoms with Crippen molar-refractivity contribution in [1.29, 1.82) is 0 Å². The normalized spacial score (nSPS) is 21.6. The van der Waals surface area contributed by atoms with E-state index in [0.717, 1.165) is 29.6 Å². The van der Waals surface area contributed by atoms with Gasteiger partial charge in [-0.1, -0.05) is 31.0 Å². The Hall–Kier alpha value is -2.43. The molecule has 5 heteroatoms. The molecule has 0 atom stereocenters. The largest absolute Gasteiger partial charge is 0.328 e. The molecule has 2 aliphatic rings. The van der Waals surface area contributed by atoms with Gasteiger partial charge in [0.2, 0.25) is 0 Å². The number of aliphatic imine (C=N–C) groups is 3. The minimum atomic E-state index is 0.504. The van der Waals surface area contributed by atoms with Gasteiger partial charge in [-0.3, -0.25) is 4.99 Å². The number of rotatable bonds is 5. The van der Waals surface area contributed by atoms with Crippen LogP contribution in [0.4, 0.5) is 5.69 Å². The number of benzene rings is 1. The van der Waals surface area contributed by atoms with Crippen molar-refractivity contribution in [2.75, 3.05) is 18.5 Å². The molecule has 0 N–H and O–H groups in total. The Labute approximate surface area is 144 Å². The summed E-state index contributed by atoms with van der Waals surface area (Å²) < 4.78 is 0. The topological polar surface area (TPSA) is 43.6 Å². The molecule has 0 spiro atoms. The third-order valence-electron chi connectivity index (χ3n) is 4.62. The molecule has 0 unspecified atom stereocenters. The van der Waals surface area contributed by atoms with Gasteiger partial charge in [0.05, 0.1) is 6.34 Å². The molecule has 1 fully saturated rings. The van der Waals surface area contributed by atoms with Crippen LogP contribution in [-0.2, 0) is 0 Å². The van der Waals surface area contributed by atoms with Crippen molar-refractivity contribution in [2.45, 2.75) is 38.6 Å². The quantitative estimate of drug-likeness (QED) is 0.776. The molecular formula is C19H25N5. The number of hydrogen-bond donors (Lipinski definition) is 0. The van der Waals surface area contributed by atoms with Gasteiger partial charge in [-0.25, -0.2) is 9.98 Å². The second-order valence-corrected chi connectivity index (χ2v) is 6.11. The summed E-state index contributed by atoms with van der Waals surface area (Å²) >= 11 is 0. The van der Waals surface area contributed by atoms with Crippen LogP contribution in [-0.4, -0.2) is 43.4 Å². The van der Waals surface area contributed by atoms with Crippen LogP contribution in [0.5, 0.6) is 0 Å². The molecule has 0 saturated heterocycles. The second kappa shape index (κ2) is 7.43. The monoisotopic (exact) mass is 323 g/mol. The van der Waals surface area contributed by atoms with Gasteiger partial charge >= 0.3 is 0 Å². The molecule has 1 aromatic rings. The van der Waals surface area contributed by atoms with Gasteiger partial charge in [0.25, 0.3) is 0 Å². The smallest absolute Gasteiger partial charge is 0.162 e. The van der Waals surface area contributed by atoms with Gasteiger partial charge in [0, 0.05) is 25.3 Å². The highest BCUT2D eigenvalue weighted by atomic mass is 15.3. The highest BCUT2D eigenvalue weighted by Crippen LogP contribution is 2.30. The molecule has 0 aromatic heterocycles. The maximum atomic E-state index is 4.72. The van der Waals surface area contributed by atoms with Gasteiger partial charge in [-0.2, -0.15) is 0 Å². The van der Waals surface area contributed by atoms with Crippen LogP contribution in [0.1, 0.15) is 32.6 Å². The summed E-state index contributed by atoms with van der Waals surface area (Å²) in [5.74, 6) is 1.67. The van der Waals surface area contributed by atoms with Crippen molar-refractivity contribution in [1.82, 2.24) is 4.90 Å². The summed E-state index contributed by atoms with van der Waals surface area (Å²) in [5, 5.41) is 0. The molecule has 126 valence electrons. The summed E-state index contributed by atoms with van der Waals surface area (Å²) in [6, 6.07) is 10.6. The Morgan fingerprint density at radius 2 is 2.00 bits per heavy atom.